The molecule has 142 valence electrons. The van der Waals surface area contributed by atoms with Gasteiger partial charge in [0.05, 0.1) is 5.56 Å². The first kappa shape index (κ1) is 17.6. The lowest BCUT2D eigenvalue weighted by Gasteiger charge is -2.23. The second-order valence-electron chi connectivity index (χ2n) is 6.34. The number of ether oxygens (including phenoxy) is 1. The largest absolute Gasteiger partial charge is 0.474 e. The molecule has 2 N–H and O–H groups in total. The molecule has 1 saturated heterocycles. The lowest BCUT2D eigenvalue weighted by molar-refractivity contribution is -0.137. The van der Waals surface area contributed by atoms with Crippen molar-refractivity contribution in [1.29, 1.82) is 0 Å². The molecule has 27 heavy (non-hydrogen) atoms. The Morgan fingerprint density at radius 2 is 1.81 bits per heavy atom. The number of alkyl halides is 3. The fourth-order valence-corrected chi connectivity index (χ4v) is 2.98. The summed E-state index contributed by atoms with van der Waals surface area (Å²) in [6.07, 6.45) is -2.41. The molecule has 1 aliphatic rings. The number of nitrogens with zero attached hydrogens (tertiary/aromatic N) is 3. The van der Waals surface area contributed by atoms with E-state index in [0.717, 1.165) is 38.1 Å². The van der Waals surface area contributed by atoms with E-state index in [-0.39, 0.29) is 12.1 Å². The number of pyridine rings is 1. The molecule has 0 spiro atoms. The maximum atomic E-state index is 12.7. The molecule has 1 fully saturated rings. The van der Waals surface area contributed by atoms with Crippen LogP contribution in [0.1, 0.15) is 18.4 Å². The summed E-state index contributed by atoms with van der Waals surface area (Å²) >= 11 is 0. The van der Waals surface area contributed by atoms with Crippen LogP contribution in [0.4, 0.5) is 24.8 Å². The third-order valence-electron chi connectivity index (χ3n) is 4.37. The van der Waals surface area contributed by atoms with Crippen molar-refractivity contribution < 1.29 is 17.9 Å². The Bertz CT molecular complexity index is 917. The second-order valence-corrected chi connectivity index (χ2v) is 6.34. The maximum Gasteiger partial charge on any atom is 0.416 e. The van der Waals surface area contributed by atoms with Gasteiger partial charge in [-0.15, -0.1) is 5.10 Å². The molecule has 2 aromatic heterocycles. The summed E-state index contributed by atoms with van der Waals surface area (Å²) < 4.78 is 45.6. The number of rotatable bonds is 4. The minimum absolute atomic E-state index is 0.118. The normalized spacial score (nSPS) is 15.8. The van der Waals surface area contributed by atoms with Crippen LogP contribution in [-0.4, -0.2) is 33.8 Å². The van der Waals surface area contributed by atoms with Gasteiger partial charge in [0.15, 0.2) is 5.65 Å². The Kier molecular flexibility index (Phi) is 4.61. The number of benzene rings is 1. The van der Waals surface area contributed by atoms with E-state index in [4.69, 9.17) is 4.74 Å². The van der Waals surface area contributed by atoms with Gasteiger partial charge in [0, 0.05) is 11.8 Å². The fraction of sp³-hybridized carbons (Fsp3) is 0.333. The van der Waals surface area contributed by atoms with Gasteiger partial charge in [-0.3, -0.25) is 0 Å². The summed E-state index contributed by atoms with van der Waals surface area (Å²) in [6, 6.07) is 10.2. The molecular formula is C18H18F3N5O. The van der Waals surface area contributed by atoms with Crippen LogP contribution in [0.3, 0.4) is 0 Å². The Morgan fingerprint density at radius 3 is 2.52 bits per heavy atom. The minimum Gasteiger partial charge on any atom is -0.474 e. The predicted molar refractivity (Wildman–Crippen MR) is 94.2 cm³/mol. The van der Waals surface area contributed by atoms with Crippen LogP contribution in [0.15, 0.2) is 42.5 Å². The molecule has 0 atom stereocenters. The van der Waals surface area contributed by atoms with E-state index in [2.05, 4.69) is 20.7 Å². The van der Waals surface area contributed by atoms with Gasteiger partial charge in [-0.2, -0.15) is 22.7 Å². The van der Waals surface area contributed by atoms with Gasteiger partial charge in [0.1, 0.15) is 6.10 Å². The molecular weight excluding hydrogens is 359 g/mol. The smallest absolute Gasteiger partial charge is 0.416 e. The van der Waals surface area contributed by atoms with E-state index in [1.165, 1.54) is 12.1 Å². The highest BCUT2D eigenvalue weighted by Gasteiger charge is 2.30. The molecule has 3 heterocycles. The molecule has 0 saturated carbocycles. The molecule has 4 rings (SSSR count). The standard InChI is InChI=1S/C18H18F3N5O/c19-18(20,21)12-4-6-13(7-5-12)23-17-24-15-2-1-3-16(26(15)25-17)27-14-8-10-22-11-9-14/h1-7,14,22H,8-11H2,(H,23,25). The zero-order valence-electron chi connectivity index (χ0n) is 14.3. The van der Waals surface area contributed by atoms with Crippen molar-refractivity contribution in [3.63, 3.8) is 0 Å². The molecule has 0 bridgehead atoms. The lowest BCUT2D eigenvalue weighted by Crippen LogP contribution is -2.34. The summed E-state index contributed by atoms with van der Waals surface area (Å²) in [5.41, 5.74) is 0.365. The number of aromatic nitrogens is 3. The highest BCUT2D eigenvalue weighted by atomic mass is 19.4. The number of fused-ring (bicyclic) bond motifs is 1. The van der Waals surface area contributed by atoms with Crippen molar-refractivity contribution in [3.05, 3.63) is 48.0 Å². The van der Waals surface area contributed by atoms with E-state index in [9.17, 15) is 13.2 Å². The van der Waals surface area contributed by atoms with Crippen LogP contribution in [0, 0.1) is 0 Å². The number of hydrogen-bond acceptors (Lipinski definition) is 5. The average Bonchev–Trinajstić information content (AvgIpc) is 3.06. The van der Waals surface area contributed by atoms with Crippen molar-refractivity contribution in [2.24, 2.45) is 0 Å². The van der Waals surface area contributed by atoms with Crippen LogP contribution in [0.25, 0.3) is 5.65 Å². The Morgan fingerprint density at radius 1 is 1.07 bits per heavy atom. The van der Waals surface area contributed by atoms with E-state index in [1.54, 1.807) is 10.6 Å². The molecule has 9 heteroatoms. The lowest BCUT2D eigenvalue weighted by atomic mass is 10.1. The molecule has 6 nitrogen and oxygen atoms in total. The quantitative estimate of drug-likeness (QED) is 0.727. The topological polar surface area (TPSA) is 63.5 Å². The van der Waals surface area contributed by atoms with Crippen molar-refractivity contribution in [2.45, 2.75) is 25.1 Å². The molecule has 1 aromatic carbocycles. The Hall–Kier alpha value is -2.81. The van der Waals surface area contributed by atoms with Crippen LogP contribution >= 0.6 is 0 Å². The first-order chi connectivity index (χ1) is 13.0. The SMILES string of the molecule is FC(F)(F)c1ccc(Nc2nc3cccc(OC4CCNCC4)n3n2)cc1. The Balaban J connectivity index is 1.53. The van der Waals surface area contributed by atoms with Gasteiger partial charge in [-0.25, -0.2) is 0 Å². The van der Waals surface area contributed by atoms with E-state index < -0.39 is 11.7 Å². The molecule has 0 amide bonds. The van der Waals surface area contributed by atoms with E-state index in [1.807, 2.05) is 12.1 Å². The van der Waals surface area contributed by atoms with E-state index in [0.29, 0.717) is 17.2 Å². The van der Waals surface area contributed by atoms with Gasteiger partial charge in [0.2, 0.25) is 11.8 Å². The summed E-state index contributed by atoms with van der Waals surface area (Å²) in [4.78, 5) is 4.36. The monoisotopic (exact) mass is 377 g/mol. The number of nitrogens with one attached hydrogen (secondary N) is 2. The number of hydrogen-bond donors (Lipinski definition) is 2. The molecule has 0 radical (unpaired) electrons. The molecule has 0 aliphatic carbocycles. The van der Waals surface area contributed by atoms with Crippen LogP contribution in [0.2, 0.25) is 0 Å². The second kappa shape index (κ2) is 7.07. The fourth-order valence-electron chi connectivity index (χ4n) is 2.98. The average molecular weight is 377 g/mol. The van der Waals surface area contributed by atoms with Crippen molar-refractivity contribution in [3.8, 4) is 5.88 Å². The molecule has 1 aliphatic heterocycles. The third kappa shape index (κ3) is 3.97. The number of piperidine rings is 1. The van der Waals surface area contributed by atoms with Gasteiger partial charge in [0.25, 0.3) is 0 Å². The van der Waals surface area contributed by atoms with Crippen molar-refractivity contribution >= 4 is 17.3 Å². The van der Waals surface area contributed by atoms with Gasteiger partial charge in [-0.1, -0.05) is 6.07 Å². The summed E-state index contributed by atoms with van der Waals surface area (Å²) in [5.74, 6) is 0.878. The zero-order valence-corrected chi connectivity index (χ0v) is 14.3. The van der Waals surface area contributed by atoms with Crippen LogP contribution in [0.5, 0.6) is 5.88 Å². The minimum atomic E-state index is -4.36. The van der Waals surface area contributed by atoms with Crippen molar-refractivity contribution in [2.75, 3.05) is 18.4 Å². The van der Waals surface area contributed by atoms with Gasteiger partial charge in [-0.05, 0) is 56.3 Å². The first-order valence-corrected chi connectivity index (χ1v) is 8.66. The molecule has 3 aromatic rings. The highest BCUT2D eigenvalue weighted by Crippen LogP contribution is 2.30. The van der Waals surface area contributed by atoms with Crippen molar-refractivity contribution in [1.82, 2.24) is 19.9 Å². The van der Waals surface area contributed by atoms with Gasteiger partial charge < -0.3 is 15.4 Å². The third-order valence-corrected chi connectivity index (χ3v) is 4.37. The molecule has 0 unspecified atom stereocenters. The van der Waals surface area contributed by atoms with E-state index >= 15 is 0 Å². The number of halogens is 3. The zero-order chi connectivity index (χ0) is 18.9. The highest BCUT2D eigenvalue weighted by molar-refractivity contribution is 5.56. The summed E-state index contributed by atoms with van der Waals surface area (Å²) in [6.45, 7) is 1.83. The predicted octanol–water partition coefficient (Wildman–Crippen LogP) is 3.62. The van der Waals surface area contributed by atoms with Gasteiger partial charge >= 0.3 is 6.18 Å². The summed E-state index contributed by atoms with van der Waals surface area (Å²) in [5, 5.41) is 10.6. The number of anilines is 2. The first-order valence-electron chi connectivity index (χ1n) is 8.66. The summed E-state index contributed by atoms with van der Waals surface area (Å²) in [7, 11) is 0. The van der Waals surface area contributed by atoms with Crippen LogP contribution in [-0.2, 0) is 6.18 Å². The maximum absolute atomic E-state index is 12.7. The van der Waals surface area contributed by atoms with Crippen LogP contribution < -0.4 is 15.4 Å². The Labute approximate surface area is 153 Å².